The van der Waals surface area contributed by atoms with Gasteiger partial charge in [-0.1, -0.05) is 60.7 Å². The van der Waals surface area contributed by atoms with Crippen LogP contribution >= 0.6 is 0 Å². The molecule has 0 saturated carbocycles. The SMILES string of the molecule is Cc1ccc2c(n1)oc1c(-c3cccc(N(c4ccccc4)c4ccc5c6ccccc6n6ccnc6c5c4)n3)cccc12. The fraction of sp³-hybridized carbons (Fsp3) is 0.0263. The smallest absolute Gasteiger partial charge is 0.227 e. The Balaban J connectivity index is 1.25. The standard InChI is InChI=1S/C38H25N5O/c1-24-17-19-30-29-12-7-13-31(36(29)44-38(30)40-24)33-14-8-16-35(41-33)43(25-9-3-2-4-10-25)26-18-20-27-28-11-5-6-15-34(28)42-22-21-39-37(42)32(27)23-26/h2-23H,1H3. The highest BCUT2D eigenvalue weighted by atomic mass is 16.3. The Hall–Kier alpha value is -6.01. The minimum atomic E-state index is 0.642. The Morgan fingerprint density at radius 1 is 0.636 bits per heavy atom. The lowest BCUT2D eigenvalue weighted by Crippen LogP contribution is -2.12. The van der Waals surface area contributed by atoms with Crippen LogP contribution in [-0.4, -0.2) is 19.4 Å². The van der Waals surface area contributed by atoms with Gasteiger partial charge in [-0.3, -0.25) is 9.30 Å². The Bertz CT molecular complexity index is 2530. The highest BCUT2D eigenvalue weighted by Gasteiger charge is 2.19. The summed E-state index contributed by atoms with van der Waals surface area (Å²) < 4.78 is 8.50. The lowest BCUT2D eigenvalue weighted by Gasteiger charge is -2.25. The maximum absolute atomic E-state index is 6.33. The first-order valence-corrected chi connectivity index (χ1v) is 14.6. The normalized spacial score (nSPS) is 11.8. The van der Waals surface area contributed by atoms with Crippen molar-refractivity contribution in [3.8, 4) is 11.3 Å². The molecule has 5 heterocycles. The van der Waals surface area contributed by atoms with E-state index < -0.39 is 0 Å². The van der Waals surface area contributed by atoms with Crippen molar-refractivity contribution in [2.75, 3.05) is 4.90 Å². The van der Waals surface area contributed by atoms with E-state index in [9.17, 15) is 0 Å². The van der Waals surface area contributed by atoms with Crippen LogP contribution in [-0.2, 0) is 0 Å². The predicted molar refractivity (Wildman–Crippen MR) is 178 cm³/mol. The van der Waals surface area contributed by atoms with E-state index >= 15 is 0 Å². The molecule has 0 radical (unpaired) electrons. The second-order valence-electron chi connectivity index (χ2n) is 11.0. The number of hydrogen-bond acceptors (Lipinski definition) is 5. The Kier molecular flexibility index (Phi) is 5.31. The highest BCUT2D eigenvalue weighted by Crippen LogP contribution is 2.40. The molecule has 0 aliphatic heterocycles. The highest BCUT2D eigenvalue weighted by molar-refractivity contribution is 6.13. The van der Waals surface area contributed by atoms with Crippen molar-refractivity contribution >= 4 is 66.6 Å². The van der Waals surface area contributed by atoms with Gasteiger partial charge in [-0.05, 0) is 73.0 Å². The summed E-state index contributed by atoms with van der Waals surface area (Å²) in [6, 6.07) is 41.9. The van der Waals surface area contributed by atoms with Crippen molar-refractivity contribution in [3.63, 3.8) is 0 Å². The van der Waals surface area contributed by atoms with E-state index in [1.165, 1.54) is 5.39 Å². The van der Waals surface area contributed by atoms with Crippen LogP contribution in [0.5, 0.6) is 0 Å². The van der Waals surface area contributed by atoms with Crippen molar-refractivity contribution in [2.45, 2.75) is 6.92 Å². The van der Waals surface area contributed by atoms with Crippen LogP contribution in [0.3, 0.4) is 0 Å². The maximum atomic E-state index is 6.33. The molecule has 208 valence electrons. The van der Waals surface area contributed by atoms with E-state index in [1.54, 1.807) is 0 Å². The van der Waals surface area contributed by atoms with Crippen molar-refractivity contribution in [2.24, 2.45) is 0 Å². The third-order valence-electron chi connectivity index (χ3n) is 8.35. The first-order valence-electron chi connectivity index (χ1n) is 14.6. The summed E-state index contributed by atoms with van der Waals surface area (Å²) >= 11 is 0. The number of furan rings is 1. The molecule has 0 amide bonds. The number of anilines is 3. The number of nitrogens with zero attached hydrogens (tertiary/aromatic N) is 5. The van der Waals surface area contributed by atoms with E-state index in [1.807, 2.05) is 37.5 Å². The molecule has 6 heteroatoms. The van der Waals surface area contributed by atoms with Gasteiger partial charge in [0, 0.05) is 56.6 Å². The average Bonchev–Trinajstić information content (AvgIpc) is 3.71. The van der Waals surface area contributed by atoms with Crippen LogP contribution < -0.4 is 4.90 Å². The Morgan fingerprint density at radius 3 is 2.39 bits per heavy atom. The molecule has 44 heavy (non-hydrogen) atoms. The molecule has 4 aromatic carbocycles. The lowest BCUT2D eigenvalue weighted by molar-refractivity contribution is 0.653. The first-order chi connectivity index (χ1) is 21.7. The number of aryl methyl sites for hydroxylation is 1. The maximum Gasteiger partial charge on any atom is 0.227 e. The molecule has 9 rings (SSSR count). The van der Waals surface area contributed by atoms with Gasteiger partial charge in [0.05, 0.1) is 11.2 Å². The fourth-order valence-corrected chi connectivity index (χ4v) is 6.36. The summed E-state index contributed by atoms with van der Waals surface area (Å²) in [5, 5.41) is 5.47. The predicted octanol–water partition coefficient (Wildman–Crippen LogP) is 9.78. The number of hydrogen-bond donors (Lipinski definition) is 0. The van der Waals surface area contributed by atoms with E-state index in [0.29, 0.717) is 5.71 Å². The molecule has 0 unspecified atom stereocenters. The Labute approximate surface area is 252 Å². The molecule has 0 spiro atoms. The quantitative estimate of drug-likeness (QED) is 0.198. The molecule has 9 aromatic rings. The third kappa shape index (κ3) is 3.71. The van der Waals surface area contributed by atoms with Gasteiger partial charge >= 0.3 is 0 Å². The molecule has 0 fully saturated rings. The molecule has 0 aliphatic carbocycles. The number of pyridine rings is 3. The van der Waals surface area contributed by atoms with Gasteiger partial charge < -0.3 is 4.42 Å². The summed E-state index contributed by atoms with van der Waals surface area (Å²) in [5.41, 5.74) is 8.18. The van der Waals surface area contributed by atoms with Crippen molar-refractivity contribution < 1.29 is 4.42 Å². The second-order valence-corrected chi connectivity index (χ2v) is 11.0. The molecule has 0 atom stereocenters. The van der Waals surface area contributed by atoms with Crippen LogP contribution in [0.15, 0.2) is 138 Å². The zero-order chi connectivity index (χ0) is 29.2. The summed E-state index contributed by atoms with van der Waals surface area (Å²) in [5.74, 6) is 0.801. The van der Waals surface area contributed by atoms with E-state index in [4.69, 9.17) is 14.4 Å². The first kappa shape index (κ1) is 24.6. The molecule has 6 nitrogen and oxygen atoms in total. The number of aromatic nitrogens is 4. The van der Waals surface area contributed by atoms with E-state index in [-0.39, 0.29) is 0 Å². The Morgan fingerprint density at radius 2 is 1.45 bits per heavy atom. The summed E-state index contributed by atoms with van der Waals surface area (Å²) in [4.78, 5) is 16.8. The van der Waals surface area contributed by atoms with Gasteiger partial charge in [0.1, 0.15) is 17.0 Å². The minimum absolute atomic E-state index is 0.642. The molecular weight excluding hydrogens is 542 g/mol. The van der Waals surface area contributed by atoms with E-state index in [2.05, 4.69) is 117 Å². The van der Waals surface area contributed by atoms with Gasteiger partial charge in [-0.25, -0.2) is 15.0 Å². The van der Waals surface area contributed by atoms with Crippen molar-refractivity contribution in [1.29, 1.82) is 0 Å². The van der Waals surface area contributed by atoms with Crippen molar-refractivity contribution in [1.82, 2.24) is 19.4 Å². The number of rotatable bonds is 4. The van der Waals surface area contributed by atoms with Gasteiger partial charge in [-0.2, -0.15) is 0 Å². The largest absolute Gasteiger partial charge is 0.437 e. The molecule has 0 bridgehead atoms. The van der Waals surface area contributed by atoms with Crippen molar-refractivity contribution in [3.05, 3.63) is 139 Å². The van der Waals surface area contributed by atoms with Crippen LogP contribution in [0.1, 0.15) is 5.69 Å². The van der Waals surface area contributed by atoms with Crippen LogP contribution in [0, 0.1) is 6.92 Å². The molecular formula is C38H25N5O. The van der Waals surface area contributed by atoms with Gasteiger partial charge in [0.15, 0.2) is 0 Å². The lowest BCUT2D eigenvalue weighted by atomic mass is 10.0. The number of para-hydroxylation sites is 3. The average molecular weight is 568 g/mol. The third-order valence-corrected chi connectivity index (χ3v) is 8.35. The van der Waals surface area contributed by atoms with E-state index in [0.717, 1.165) is 72.4 Å². The number of imidazole rings is 1. The molecule has 5 aromatic heterocycles. The zero-order valence-electron chi connectivity index (χ0n) is 23.8. The second kappa shape index (κ2) is 9.51. The number of fused-ring (bicyclic) bond motifs is 9. The monoisotopic (exact) mass is 567 g/mol. The van der Waals surface area contributed by atoms with Gasteiger partial charge in [0.2, 0.25) is 5.71 Å². The molecule has 0 N–H and O–H groups in total. The summed E-state index contributed by atoms with van der Waals surface area (Å²) in [6.45, 7) is 1.98. The van der Waals surface area contributed by atoms with Gasteiger partial charge in [0.25, 0.3) is 0 Å². The van der Waals surface area contributed by atoms with Gasteiger partial charge in [-0.15, -0.1) is 0 Å². The number of benzene rings is 4. The molecule has 0 aliphatic rings. The topological polar surface area (TPSA) is 59.5 Å². The molecule has 0 saturated heterocycles. The summed E-state index contributed by atoms with van der Waals surface area (Å²) in [7, 11) is 0. The zero-order valence-corrected chi connectivity index (χ0v) is 23.8. The van der Waals surface area contributed by atoms with Crippen LogP contribution in [0.4, 0.5) is 17.2 Å². The summed E-state index contributed by atoms with van der Waals surface area (Å²) in [6.07, 6.45) is 3.89. The van der Waals surface area contributed by atoms with Crippen LogP contribution in [0.2, 0.25) is 0 Å². The van der Waals surface area contributed by atoms with Crippen LogP contribution in [0.25, 0.3) is 60.6 Å². The minimum Gasteiger partial charge on any atom is -0.437 e. The fourth-order valence-electron chi connectivity index (χ4n) is 6.36.